The predicted octanol–water partition coefficient (Wildman–Crippen LogP) is 1.33. The van der Waals surface area contributed by atoms with Gasteiger partial charge in [-0.2, -0.15) is 0 Å². The molecule has 4 heteroatoms. The molecule has 1 aromatic carbocycles. The van der Waals surface area contributed by atoms with Crippen LogP contribution in [0.15, 0.2) is 43.0 Å². The molecule has 0 aliphatic carbocycles. The number of para-hydroxylation sites is 1. The van der Waals surface area contributed by atoms with Gasteiger partial charge in [-0.3, -0.25) is 0 Å². The van der Waals surface area contributed by atoms with Gasteiger partial charge in [-0.15, -0.1) is 0 Å². The molecule has 0 bridgehead atoms. The second-order valence-electron chi connectivity index (χ2n) is 3.75. The van der Waals surface area contributed by atoms with Crippen LogP contribution in [0, 0.1) is 0 Å². The first kappa shape index (κ1) is 10.7. The number of nitrogens with zero attached hydrogens (tertiary/aromatic N) is 2. The van der Waals surface area contributed by atoms with E-state index in [2.05, 4.69) is 4.98 Å². The quantitative estimate of drug-likeness (QED) is 0.812. The van der Waals surface area contributed by atoms with Crippen LogP contribution in [-0.4, -0.2) is 21.2 Å². The van der Waals surface area contributed by atoms with Gasteiger partial charge in [0.05, 0.1) is 6.33 Å². The summed E-state index contributed by atoms with van der Waals surface area (Å²) in [6, 6.07) is 7.31. The molecule has 1 heterocycles. The van der Waals surface area contributed by atoms with E-state index in [4.69, 9.17) is 5.73 Å². The highest BCUT2D eigenvalue weighted by Gasteiger charge is 2.13. The van der Waals surface area contributed by atoms with Gasteiger partial charge in [-0.05, 0) is 11.6 Å². The maximum atomic E-state index is 9.76. The maximum Gasteiger partial charge on any atom is 0.119 e. The Morgan fingerprint density at radius 2 is 2.19 bits per heavy atom. The van der Waals surface area contributed by atoms with Gasteiger partial charge in [0.15, 0.2) is 0 Å². The van der Waals surface area contributed by atoms with E-state index >= 15 is 0 Å². The van der Waals surface area contributed by atoms with Crippen molar-refractivity contribution in [2.45, 2.75) is 12.5 Å². The second kappa shape index (κ2) is 4.81. The van der Waals surface area contributed by atoms with Gasteiger partial charge in [0.2, 0.25) is 0 Å². The van der Waals surface area contributed by atoms with E-state index in [0.29, 0.717) is 12.3 Å². The van der Waals surface area contributed by atoms with Crippen LogP contribution in [0.4, 0.5) is 0 Å². The Hall–Kier alpha value is -1.81. The largest absolute Gasteiger partial charge is 0.508 e. The van der Waals surface area contributed by atoms with Crippen molar-refractivity contribution >= 4 is 0 Å². The monoisotopic (exact) mass is 217 g/mol. The third-order valence-corrected chi connectivity index (χ3v) is 2.65. The highest BCUT2D eigenvalue weighted by molar-refractivity contribution is 5.35. The van der Waals surface area contributed by atoms with Crippen molar-refractivity contribution in [2.24, 2.45) is 5.73 Å². The average Bonchev–Trinajstić information content (AvgIpc) is 2.80. The lowest BCUT2D eigenvalue weighted by atomic mass is 9.98. The molecule has 2 rings (SSSR count). The summed E-state index contributed by atoms with van der Waals surface area (Å²) in [6.45, 7) is 1.23. The number of aromatic nitrogens is 2. The minimum absolute atomic E-state index is 0.107. The van der Waals surface area contributed by atoms with Gasteiger partial charge in [-0.25, -0.2) is 4.98 Å². The number of rotatable bonds is 4. The van der Waals surface area contributed by atoms with Crippen molar-refractivity contribution in [1.29, 1.82) is 0 Å². The smallest absolute Gasteiger partial charge is 0.119 e. The van der Waals surface area contributed by atoms with Crippen LogP contribution in [0.1, 0.15) is 11.5 Å². The lowest BCUT2D eigenvalue weighted by Crippen LogP contribution is -2.17. The first-order valence-electron chi connectivity index (χ1n) is 5.25. The minimum atomic E-state index is 0.107. The molecule has 4 nitrogen and oxygen atoms in total. The lowest BCUT2D eigenvalue weighted by Gasteiger charge is -2.16. The van der Waals surface area contributed by atoms with E-state index in [-0.39, 0.29) is 5.92 Å². The van der Waals surface area contributed by atoms with Crippen molar-refractivity contribution in [3.05, 3.63) is 48.5 Å². The molecule has 0 aliphatic rings. The zero-order valence-corrected chi connectivity index (χ0v) is 8.95. The highest BCUT2D eigenvalue weighted by Crippen LogP contribution is 2.25. The van der Waals surface area contributed by atoms with Crippen LogP contribution in [0.2, 0.25) is 0 Å². The number of aromatic hydroxyl groups is 1. The fourth-order valence-corrected chi connectivity index (χ4v) is 1.78. The summed E-state index contributed by atoms with van der Waals surface area (Å²) < 4.78 is 1.96. The predicted molar refractivity (Wildman–Crippen MR) is 62.1 cm³/mol. The number of phenols is 1. The molecule has 0 saturated heterocycles. The van der Waals surface area contributed by atoms with E-state index in [0.717, 1.165) is 12.1 Å². The van der Waals surface area contributed by atoms with E-state index in [1.165, 1.54) is 0 Å². The van der Waals surface area contributed by atoms with Crippen molar-refractivity contribution in [3.8, 4) is 5.75 Å². The van der Waals surface area contributed by atoms with Crippen LogP contribution in [-0.2, 0) is 6.54 Å². The van der Waals surface area contributed by atoms with Gasteiger partial charge in [0, 0.05) is 31.4 Å². The zero-order chi connectivity index (χ0) is 11.4. The first-order chi connectivity index (χ1) is 7.81. The summed E-state index contributed by atoms with van der Waals surface area (Å²) in [5, 5.41) is 9.76. The Labute approximate surface area is 94.4 Å². The number of phenolic OH excluding ortho intramolecular Hbond substituents is 1. The standard InChI is InChI=1S/C12H15N3O/c13-7-10(8-15-6-5-14-9-15)11-3-1-2-4-12(11)16/h1-6,9-10,16H,7-8,13H2. The van der Waals surface area contributed by atoms with Crippen molar-refractivity contribution in [1.82, 2.24) is 9.55 Å². The summed E-state index contributed by atoms with van der Waals surface area (Å²) in [7, 11) is 0. The molecule has 16 heavy (non-hydrogen) atoms. The molecule has 0 saturated carbocycles. The molecule has 0 aliphatic heterocycles. The van der Waals surface area contributed by atoms with Gasteiger partial charge in [0.1, 0.15) is 5.75 Å². The topological polar surface area (TPSA) is 64.1 Å². The van der Waals surface area contributed by atoms with E-state index in [1.807, 2.05) is 29.0 Å². The zero-order valence-electron chi connectivity index (χ0n) is 8.95. The summed E-state index contributed by atoms with van der Waals surface area (Å²) in [6.07, 6.45) is 5.38. The Balaban J connectivity index is 2.20. The summed E-state index contributed by atoms with van der Waals surface area (Å²) in [5.74, 6) is 0.411. The van der Waals surface area contributed by atoms with Gasteiger partial charge < -0.3 is 15.4 Å². The molecule has 0 radical (unpaired) electrons. The van der Waals surface area contributed by atoms with Crippen LogP contribution >= 0.6 is 0 Å². The van der Waals surface area contributed by atoms with Gasteiger partial charge in [-0.1, -0.05) is 18.2 Å². The fourth-order valence-electron chi connectivity index (χ4n) is 1.78. The second-order valence-corrected chi connectivity index (χ2v) is 3.75. The molecule has 3 N–H and O–H groups in total. The van der Waals surface area contributed by atoms with E-state index in [9.17, 15) is 5.11 Å². The third-order valence-electron chi connectivity index (χ3n) is 2.65. The van der Waals surface area contributed by atoms with Crippen LogP contribution in [0.5, 0.6) is 5.75 Å². The Kier molecular flexibility index (Phi) is 3.22. The third kappa shape index (κ3) is 2.23. The normalized spacial score (nSPS) is 12.6. The Morgan fingerprint density at radius 1 is 1.38 bits per heavy atom. The molecular formula is C12H15N3O. The Bertz CT molecular complexity index is 439. The minimum Gasteiger partial charge on any atom is -0.508 e. The molecule has 0 fully saturated rings. The molecule has 1 atom stereocenters. The summed E-state index contributed by atoms with van der Waals surface area (Å²) in [4.78, 5) is 3.99. The molecule has 1 aromatic heterocycles. The highest BCUT2D eigenvalue weighted by atomic mass is 16.3. The maximum absolute atomic E-state index is 9.76. The lowest BCUT2D eigenvalue weighted by molar-refractivity contribution is 0.452. The number of hydrogen-bond acceptors (Lipinski definition) is 3. The van der Waals surface area contributed by atoms with Crippen molar-refractivity contribution < 1.29 is 5.11 Å². The molecule has 84 valence electrons. The summed E-state index contributed by atoms with van der Waals surface area (Å²) >= 11 is 0. The number of benzene rings is 1. The van der Waals surface area contributed by atoms with Gasteiger partial charge in [0.25, 0.3) is 0 Å². The SMILES string of the molecule is NCC(Cn1ccnc1)c1ccccc1O. The van der Waals surface area contributed by atoms with E-state index < -0.39 is 0 Å². The molecule has 0 spiro atoms. The van der Waals surface area contributed by atoms with Crippen molar-refractivity contribution in [3.63, 3.8) is 0 Å². The Morgan fingerprint density at radius 3 is 2.81 bits per heavy atom. The first-order valence-corrected chi connectivity index (χ1v) is 5.25. The number of imidazole rings is 1. The molecular weight excluding hydrogens is 202 g/mol. The fraction of sp³-hybridized carbons (Fsp3) is 0.250. The number of hydrogen-bond donors (Lipinski definition) is 2. The van der Waals surface area contributed by atoms with Gasteiger partial charge >= 0.3 is 0 Å². The van der Waals surface area contributed by atoms with Crippen LogP contribution in [0.3, 0.4) is 0 Å². The average molecular weight is 217 g/mol. The van der Waals surface area contributed by atoms with E-state index in [1.54, 1.807) is 18.6 Å². The molecule has 2 aromatic rings. The number of nitrogens with two attached hydrogens (primary N) is 1. The molecule has 0 amide bonds. The van der Waals surface area contributed by atoms with Crippen LogP contribution in [0.25, 0.3) is 0 Å². The van der Waals surface area contributed by atoms with Crippen LogP contribution < -0.4 is 5.73 Å². The van der Waals surface area contributed by atoms with Crippen molar-refractivity contribution in [2.75, 3.05) is 6.54 Å². The molecule has 1 unspecified atom stereocenters. The summed E-state index contributed by atoms with van der Waals surface area (Å²) in [5.41, 5.74) is 6.63.